The van der Waals surface area contributed by atoms with Crippen LogP contribution in [0.2, 0.25) is 0 Å². The van der Waals surface area contributed by atoms with Gasteiger partial charge in [-0.15, -0.1) is 0 Å². The van der Waals surface area contributed by atoms with Gasteiger partial charge >= 0.3 is 0 Å². The number of amidine groups is 1. The summed E-state index contributed by atoms with van der Waals surface area (Å²) in [5, 5.41) is 3.46. The van der Waals surface area contributed by atoms with Gasteiger partial charge in [0.25, 0.3) is 0 Å². The average Bonchev–Trinajstić information content (AvgIpc) is 2.03. The highest BCUT2D eigenvalue weighted by Gasteiger charge is 2.25. The smallest absolute Gasteiger partial charge is 0.104 e. The highest BCUT2D eigenvalue weighted by molar-refractivity contribution is 5.85. The van der Waals surface area contributed by atoms with Crippen LogP contribution in [0.1, 0.15) is 34.6 Å². The number of hydrogen-bond acceptors (Lipinski definition) is 2. The monoisotopic (exact) mass is 180 g/mol. The molecule has 0 aromatic heterocycles. The molecule has 2 nitrogen and oxygen atoms in total. The predicted octanol–water partition coefficient (Wildman–Crippen LogP) is 2.57. The van der Waals surface area contributed by atoms with Crippen molar-refractivity contribution in [1.29, 1.82) is 0 Å². The Kier molecular flexibility index (Phi) is 2.79. The molecule has 0 aromatic rings. The van der Waals surface area contributed by atoms with Crippen LogP contribution in [-0.4, -0.2) is 11.9 Å². The van der Waals surface area contributed by atoms with E-state index in [1.165, 1.54) is 0 Å². The van der Waals surface area contributed by atoms with Gasteiger partial charge in [-0.25, -0.2) is 4.99 Å². The van der Waals surface area contributed by atoms with Gasteiger partial charge in [0.1, 0.15) is 5.84 Å². The van der Waals surface area contributed by atoms with Crippen molar-refractivity contribution < 1.29 is 0 Å². The molecule has 0 aromatic carbocycles. The Labute approximate surface area is 81.1 Å². The molecule has 13 heavy (non-hydrogen) atoms. The Hall–Kier alpha value is -0.790. The van der Waals surface area contributed by atoms with Gasteiger partial charge in [0.15, 0.2) is 0 Å². The van der Waals surface area contributed by atoms with Crippen LogP contribution in [0.5, 0.6) is 0 Å². The predicted molar refractivity (Wildman–Crippen MR) is 57.8 cm³/mol. The molecule has 0 spiro atoms. The van der Waals surface area contributed by atoms with Crippen LogP contribution in [0.4, 0.5) is 0 Å². The normalized spacial score (nSPS) is 22.9. The average molecular weight is 180 g/mol. The highest BCUT2D eigenvalue weighted by Crippen LogP contribution is 2.22. The van der Waals surface area contributed by atoms with Crippen molar-refractivity contribution in [3.05, 3.63) is 12.3 Å². The van der Waals surface area contributed by atoms with E-state index in [4.69, 9.17) is 0 Å². The van der Waals surface area contributed by atoms with E-state index < -0.39 is 0 Å². The van der Waals surface area contributed by atoms with Gasteiger partial charge in [-0.05, 0) is 11.5 Å². The molecule has 1 aliphatic rings. The van der Waals surface area contributed by atoms with E-state index in [0.29, 0.717) is 12.0 Å². The first-order valence-electron chi connectivity index (χ1n) is 4.92. The molecule has 1 unspecified atom stereocenters. The van der Waals surface area contributed by atoms with Crippen LogP contribution >= 0.6 is 0 Å². The third kappa shape index (κ3) is 2.58. The summed E-state index contributed by atoms with van der Waals surface area (Å²) < 4.78 is 0. The number of rotatable bonds is 1. The van der Waals surface area contributed by atoms with Crippen molar-refractivity contribution in [1.82, 2.24) is 5.32 Å². The maximum atomic E-state index is 4.32. The minimum Gasteiger partial charge on any atom is -0.367 e. The molecule has 74 valence electrons. The zero-order valence-electron chi connectivity index (χ0n) is 9.26. The summed E-state index contributed by atoms with van der Waals surface area (Å²) in [7, 11) is 0. The molecule has 0 saturated heterocycles. The Balaban J connectivity index is 2.70. The summed E-state index contributed by atoms with van der Waals surface area (Å²) in [6.45, 7) is 11.0. The van der Waals surface area contributed by atoms with Crippen molar-refractivity contribution in [3.8, 4) is 0 Å². The van der Waals surface area contributed by atoms with E-state index >= 15 is 0 Å². The lowest BCUT2D eigenvalue weighted by atomic mass is 9.86. The van der Waals surface area contributed by atoms with Crippen molar-refractivity contribution in [2.45, 2.75) is 40.7 Å². The fourth-order valence-electron chi connectivity index (χ4n) is 1.28. The number of nitrogens with one attached hydrogen (secondary N) is 1. The molecular weight excluding hydrogens is 160 g/mol. The summed E-state index contributed by atoms with van der Waals surface area (Å²) in [4.78, 5) is 4.32. The first-order chi connectivity index (χ1) is 5.91. The van der Waals surface area contributed by atoms with Crippen molar-refractivity contribution in [2.75, 3.05) is 0 Å². The number of nitrogens with zero attached hydrogens (tertiary/aromatic N) is 1. The third-order valence-corrected chi connectivity index (χ3v) is 2.28. The zero-order valence-corrected chi connectivity index (χ0v) is 9.26. The maximum Gasteiger partial charge on any atom is 0.104 e. The molecule has 2 heteroatoms. The van der Waals surface area contributed by atoms with E-state index in [1.807, 2.05) is 6.20 Å². The number of aliphatic imine (C=N–C) groups is 1. The molecule has 1 N–H and O–H groups in total. The Morgan fingerprint density at radius 3 is 2.46 bits per heavy atom. The highest BCUT2D eigenvalue weighted by atomic mass is 15.0. The standard InChI is InChI=1S/C11H20N2/c1-8(2)10-12-7-6-9(13-10)11(3,4)5/h6-9H,1-5H3,(H,12,13). The van der Waals surface area contributed by atoms with Gasteiger partial charge < -0.3 is 5.32 Å². The summed E-state index contributed by atoms with van der Waals surface area (Å²) >= 11 is 0. The maximum absolute atomic E-state index is 4.32. The van der Waals surface area contributed by atoms with E-state index in [2.05, 4.69) is 51.0 Å². The zero-order chi connectivity index (χ0) is 10.1. The van der Waals surface area contributed by atoms with E-state index in [-0.39, 0.29) is 5.41 Å². The van der Waals surface area contributed by atoms with E-state index in [0.717, 1.165) is 5.84 Å². The van der Waals surface area contributed by atoms with Crippen molar-refractivity contribution in [3.63, 3.8) is 0 Å². The fraction of sp³-hybridized carbons (Fsp3) is 0.727. The van der Waals surface area contributed by atoms with Gasteiger partial charge in [0, 0.05) is 12.1 Å². The third-order valence-electron chi connectivity index (χ3n) is 2.28. The molecule has 1 aliphatic heterocycles. The SMILES string of the molecule is CC(C)C1=NC=CC(C(C)(C)C)N1. The summed E-state index contributed by atoms with van der Waals surface area (Å²) in [6, 6.07) is 0.405. The summed E-state index contributed by atoms with van der Waals surface area (Å²) in [5.74, 6) is 1.58. The molecule has 0 saturated carbocycles. The van der Waals surface area contributed by atoms with Crippen LogP contribution in [0, 0.1) is 11.3 Å². The fourth-order valence-corrected chi connectivity index (χ4v) is 1.28. The molecule has 1 rings (SSSR count). The van der Waals surface area contributed by atoms with Gasteiger partial charge in [-0.2, -0.15) is 0 Å². The molecular formula is C11H20N2. The lowest BCUT2D eigenvalue weighted by Gasteiger charge is -2.32. The first-order valence-corrected chi connectivity index (χ1v) is 4.92. The molecule has 1 atom stereocenters. The minimum atomic E-state index is 0.257. The van der Waals surface area contributed by atoms with Crippen LogP contribution in [0.15, 0.2) is 17.3 Å². The van der Waals surface area contributed by atoms with Crippen LogP contribution in [0.3, 0.4) is 0 Å². The molecule has 0 bridgehead atoms. The van der Waals surface area contributed by atoms with Crippen LogP contribution in [-0.2, 0) is 0 Å². The van der Waals surface area contributed by atoms with Crippen molar-refractivity contribution in [2.24, 2.45) is 16.3 Å². The molecule has 1 heterocycles. The Bertz CT molecular complexity index is 231. The molecule has 0 aliphatic carbocycles. The summed E-state index contributed by atoms with van der Waals surface area (Å²) in [6.07, 6.45) is 4.05. The largest absolute Gasteiger partial charge is 0.367 e. The van der Waals surface area contributed by atoms with Gasteiger partial charge in [0.2, 0.25) is 0 Å². The topological polar surface area (TPSA) is 24.4 Å². The molecule has 0 amide bonds. The molecule has 0 radical (unpaired) electrons. The second kappa shape index (κ2) is 3.52. The minimum absolute atomic E-state index is 0.257. The van der Waals surface area contributed by atoms with Crippen molar-refractivity contribution >= 4 is 5.84 Å². The van der Waals surface area contributed by atoms with E-state index in [1.54, 1.807) is 0 Å². The lowest BCUT2D eigenvalue weighted by molar-refractivity contribution is 0.338. The van der Waals surface area contributed by atoms with Gasteiger partial charge in [0.05, 0.1) is 6.04 Å². The summed E-state index contributed by atoms with van der Waals surface area (Å²) in [5.41, 5.74) is 0.257. The first kappa shape index (κ1) is 10.3. The second-order valence-corrected chi connectivity index (χ2v) is 5.00. The molecule has 0 fully saturated rings. The number of hydrogen-bond donors (Lipinski definition) is 1. The second-order valence-electron chi connectivity index (χ2n) is 5.00. The van der Waals surface area contributed by atoms with Gasteiger partial charge in [-0.3, -0.25) is 0 Å². The Morgan fingerprint density at radius 2 is 2.00 bits per heavy atom. The van der Waals surface area contributed by atoms with E-state index in [9.17, 15) is 0 Å². The lowest BCUT2D eigenvalue weighted by Crippen LogP contribution is -2.45. The van der Waals surface area contributed by atoms with Crippen LogP contribution in [0.25, 0.3) is 0 Å². The van der Waals surface area contributed by atoms with Gasteiger partial charge in [-0.1, -0.05) is 34.6 Å². The quantitative estimate of drug-likeness (QED) is 0.659. The van der Waals surface area contributed by atoms with Crippen LogP contribution < -0.4 is 5.32 Å². The Morgan fingerprint density at radius 1 is 1.38 bits per heavy atom.